The fourth-order valence-corrected chi connectivity index (χ4v) is 1.14. The van der Waals surface area contributed by atoms with E-state index in [0.717, 1.165) is 26.4 Å². The van der Waals surface area contributed by atoms with Gasteiger partial charge >= 0.3 is 11.7 Å². The summed E-state index contributed by atoms with van der Waals surface area (Å²) in [5.41, 5.74) is -0.961. The maximum Gasteiger partial charge on any atom is 0.346 e. The lowest BCUT2D eigenvalue weighted by molar-refractivity contribution is -0.388. The number of methoxy groups -OCH3 is 2. The summed E-state index contributed by atoms with van der Waals surface area (Å²) in [5.74, 6) is -2.28. The van der Waals surface area contributed by atoms with E-state index in [1.807, 2.05) is 0 Å². The quantitative estimate of drug-likeness (QED) is 0.446. The molecule has 86 valence electrons. The van der Waals surface area contributed by atoms with Crippen LogP contribution in [0.5, 0.6) is 5.75 Å². The normalized spacial score (nSPS) is 9.69. The lowest BCUT2D eigenvalue weighted by Crippen LogP contribution is -2.05. The maximum absolute atomic E-state index is 13.3. The molecule has 0 fully saturated rings. The summed E-state index contributed by atoms with van der Waals surface area (Å²) in [6.07, 6.45) is 0. The highest BCUT2D eigenvalue weighted by molar-refractivity contribution is 5.90. The van der Waals surface area contributed by atoms with Crippen molar-refractivity contribution in [1.82, 2.24) is 0 Å². The molecule has 0 heterocycles. The van der Waals surface area contributed by atoms with Gasteiger partial charge in [-0.1, -0.05) is 0 Å². The van der Waals surface area contributed by atoms with Gasteiger partial charge in [-0.2, -0.15) is 4.39 Å². The van der Waals surface area contributed by atoms with Crippen LogP contribution in [0.25, 0.3) is 0 Å². The van der Waals surface area contributed by atoms with Crippen molar-refractivity contribution in [1.29, 1.82) is 0 Å². The van der Waals surface area contributed by atoms with Crippen LogP contribution in [0.2, 0.25) is 0 Å². The Balaban J connectivity index is 3.37. The first kappa shape index (κ1) is 11.9. The number of rotatable bonds is 3. The summed E-state index contributed by atoms with van der Waals surface area (Å²) in [5, 5.41) is 10.5. The van der Waals surface area contributed by atoms with Gasteiger partial charge in [0.1, 0.15) is 0 Å². The Morgan fingerprint density at radius 2 is 2.06 bits per heavy atom. The Morgan fingerprint density at radius 3 is 2.50 bits per heavy atom. The van der Waals surface area contributed by atoms with E-state index in [1.54, 1.807) is 0 Å². The smallest absolute Gasteiger partial charge is 0.346 e. The monoisotopic (exact) mass is 229 g/mol. The summed E-state index contributed by atoms with van der Waals surface area (Å²) >= 11 is 0. The van der Waals surface area contributed by atoms with Crippen LogP contribution in [0.1, 0.15) is 10.4 Å². The molecule has 0 saturated carbocycles. The predicted molar refractivity (Wildman–Crippen MR) is 50.9 cm³/mol. The van der Waals surface area contributed by atoms with Crippen LogP contribution in [0.4, 0.5) is 10.1 Å². The number of hydrogen-bond acceptors (Lipinski definition) is 5. The Labute approximate surface area is 89.7 Å². The van der Waals surface area contributed by atoms with Gasteiger partial charge in [0, 0.05) is 6.07 Å². The molecule has 7 heteroatoms. The fourth-order valence-electron chi connectivity index (χ4n) is 1.14. The van der Waals surface area contributed by atoms with Gasteiger partial charge in [0.05, 0.1) is 24.7 Å². The van der Waals surface area contributed by atoms with E-state index in [0.29, 0.717) is 0 Å². The Hall–Kier alpha value is -2.18. The zero-order valence-corrected chi connectivity index (χ0v) is 8.52. The predicted octanol–water partition coefficient (Wildman–Crippen LogP) is 1.53. The van der Waals surface area contributed by atoms with Gasteiger partial charge < -0.3 is 9.47 Å². The highest BCUT2D eigenvalue weighted by Crippen LogP contribution is 2.31. The molecule has 0 aliphatic rings. The molecule has 0 radical (unpaired) electrons. The van der Waals surface area contributed by atoms with Gasteiger partial charge in [-0.3, -0.25) is 10.1 Å². The van der Waals surface area contributed by atoms with Crippen LogP contribution in [0.15, 0.2) is 12.1 Å². The number of benzene rings is 1. The van der Waals surface area contributed by atoms with Crippen molar-refractivity contribution in [3.63, 3.8) is 0 Å². The number of halogens is 1. The van der Waals surface area contributed by atoms with E-state index in [-0.39, 0.29) is 11.3 Å². The highest BCUT2D eigenvalue weighted by Gasteiger charge is 2.24. The number of hydrogen-bond donors (Lipinski definition) is 0. The summed E-state index contributed by atoms with van der Waals surface area (Å²) in [4.78, 5) is 20.7. The van der Waals surface area contributed by atoms with Crippen molar-refractivity contribution >= 4 is 11.7 Å². The third kappa shape index (κ3) is 2.08. The molecule has 0 aliphatic heterocycles. The number of ether oxygens (including phenoxy) is 2. The van der Waals surface area contributed by atoms with Crippen molar-refractivity contribution in [2.24, 2.45) is 0 Å². The van der Waals surface area contributed by atoms with Crippen molar-refractivity contribution in [3.8, 4) is 5.75 Å². The third-order valence-corrected chi connectivity index (χ3v) is 1.85. The molecule has 1 aromatic rings. The van der Waals surface area contributed by atoms with Gasteiger partial charge in [-0.15, -0.1) is 0 Å². The maximum atomic E-state index is 13.3. The van der Waals surface area contributed by atoms with Crippen molar-refractivity contribution in [3.05, 3.63) is 33.6 Å². The Bertz CT molecular complexity index is 446. The van der Waals surface area contributed by atoms with Crippen LogP contribution in [-0.2, 0) is 4.74 Å². The number of esters is 1. The lowest BCUT2D eigenvalue weighted by Gasteiger charge is -2.05. The van der Waals surface area contributed by atoms with Crippen LogP contribution in [0, 0.1) is 15.9 Å². The van der Waals surface area contributed by atoms with Crippen molar-refractivity contribution in [2.45, 2.75) is 0 Å². The minimum atomic E-state index is -1.15. The largest absolute Gasteiger partial charge is 0.490 e. The van der Waals surface area contributed by atoms with Crippen LogP contribution >= 0.6 is 0 Å². The molecule has 6 nitrogen and oxygen atoms in total. The molecule has 0 atom stereocenters. The molecule has 1 aromatic carbocycles. The van der Waals surface area contributed by atoms with Crippen molar-refractivity contribution in [2.75, 3.05) is 14.2 Å². The summed E-state index contributed by atoms with van der Waals surface area (Å²) in [6.45, 7) is 0. The van der Waals surface area contributed by atoms with E-state index >= 15 is 0 Å². The zero-order valence-electron chi connectivity index (χ0n) is 8.52. The molecule has 0 saturated heterocycles. The molecule has 16 heavy (non-hydrogen) atoms. The van der Waals surface area contributed by atoms with E-state index < -0.39 is 22.4 Å². The van der Waals surface area contributed by atoms with Crippen LogP contribution in [-0.4, -0.2) is 25.1 Å². The standard InChI is InChI=1S/C9H8FNO5/c1-15-7-4-5(9(12)16-2)3-6(10)8(7)11(13)14/h3-4H,1-2H3. The molecule has 1 rings (SSSR count). The molecule has 0 aromatic heterocycles. The fraction of sp³-hybridized carbons (Fsp3) is 0.222. The molecule has 0 unspecified atom stereocenters. The molecule has 0 spiro atoms. The Kier molecular flexibility index (Phi) is 3.39. The van der Waals surface area contributed by atoms with E-state index in [2.05, 4.69) is 9.47 Å². The van der Waals surface area contributed by atoms with E-state index in [1.165, 1.54) is 0 Å². The first-order valence-electron chi connectivity index (χ1n) is 4.11. The topological polar surface area (TPSA) is 78.7 Å². The average molecular weight is 229 g/mol. The number of carbonyl (C=O) groups is 1. The summed E-state index contributed by atoms with van der Waals surface area (Å²) < 4.78 is 22.3. The molecule has 0 amide bonds. The van der Waals surface area contributed by atoms with Crippen molar-refractivity contribution < 1.29 is 23.6 Å². The molecule has 0 bridgehead atoms. The van der Waals surface area contributed by atoms with Gasteiger partial charge in [-0.05, 0) is 6.07 Å². The lowest BCUT2D eigenvalue weighted by atomic mass is 10.2. The highest BCUT2D eigenvalue weighted by atomic mass is 19.1. The molecular formula is C9H8FNO5. The second kappa shape index (κ2) is 4.56. The molecular weight excluding hydrogens is 221 g/mol. The number of carbonyl (C=O) groups excluding carboxylic acids is 1. The average Bonchev–Trinajstić information content (AvgIpc) is 2.26. The SMILES string of the molecule is COC(=O)c1cc(F)c([N+](=O)[O-])c(OC)c1. The Morgan fingerprint density at radius 1 is 1.44 bits per heavy atom. The summed E-state index contributed by atoms with van der Waals surface area (Å²) in [6, 6.07) is 1.78. The van der Waals surface area contributed by atoms with Gasteiger partial charge in [0.25, 0.3) is 0 Å². The van der Waals surface area contributed by atoms with Crippen LogP contribution < -0.4 is 4.74 Å². The minimum absolute atomic E-state index is 0.151. The second-order valence-electron chi connectivity index (χ2n) is 2.76. The first-order valence-corrected chi connectivity index (χ1v) is 4.11. The first-order chi connectivity index (χ1) is 7.51. The summed E-state index contributed by atoms with van der Waals surface area (Å²) in [7, 11) is 2.26. The zero-order chi connectivity index (χ0) is 12.3. The third-order valence-electron chi connectivity index (χ3n) is 1.85. The van der Waals surface area contributed by atoms with E-state index in [4.69, 9.17) is 0 Å². The minimum Gasteiger partial charge on any atom is -0.490 e. The number of nitrogens with zero attached hydrogens (tertiary/aromatic N) is 1. The van der Waals surface area contributed by atoms with Gasteiger partial charge in [0.15, 0.2) is 0 Å². The molecule has 0 N–H and O–H groups in total. The number of nitro benzene ring substituents is 1. The van der Waals surface area contributed by atoms with Crippen LogP contribution in [0.3, 0.4) is 0 Å². The van der Waals surface area contributed by atoms with Gasteiger partial charge in [-0.25, -0.2) is 4.79 Å². The second-order valence-corrected chi connectivity index (χ2v) is 2.76. The van der Waals surface area contributed by atoms with Gasteiger partial charge in [0.2, 0.25) is 11.6 Å². The molecule has 0 aliphatic carbocycles. The number of nitro groups is 1. The van der Waals surface area contributed by atoms with E-state index in [9.17, 15) is 19.3 Å².